The number of hydrogen-bond donors (Lipinski definition) is 1. The van der Waals surface area contributed by atoms with Gasteiger partial charge >= 0.3 is 6.03 Å². The van der Waals surface area contributed by atoms with Gasteiger partial charge in [0.25, 0.3) is 10.2 Å². The number of amides is 2. The van der Waals surface area contributed by atoms with Gasteiger partial charge in [-0.25, -0.2) is 9.78 Å². The number of thiazole rings is 1. The second-order valence-corrected chi connectivity index (χ2v) is 13.9. The van der Waals surface area contributed by atoms with E-state index in [1.165, 1.54) is 52.1 Å². The molecular formula is C24H42N6O3S2. The standard InChI is InChI=1S/C24H42N6O3S2/c1-19-9-11-21(12-10-19)30(20-7-5-4-6-8-20)24(31)26-23-25-17-22(34-23)18-28-13-15-29(16-14-28)35(32,33)27(2)3/h17,19-21H,4-16,18H2,1-3H3,(H,25,26,31)/t19-,21-. The summed E-state index contributed by atoms with van der Waals surface area (Å²) in [5.74, 6) is 0.758. The highest BCUT2D eigenvalue weighted by Gasteiger charge is 2.34. The van der Waals surface area contributed by atoms with E-state index in [1.54, 1.807) is 14.1 Å². The van der Waals surface area contributed by atoms with Crippen LogP contribution in [-0.4, -0.2) is 90.2 Å². The third-order valence-corrected chi connectivity index (χ3v) is 10.7. The SMILES string of the molecule is CN(C)S(=O)(=O)N1CCN(Cc2cnc(NC(=O)N(C3CCCCC3)[C@H]3CC[C@H](C)CC3)s2)CC1. The first-order chi connectivity index (χ1) is 16.7. The highest BCUT2D eigenvalue weighted by Crippen LogP contribution is 2.33. The minimum Gasteiger partial charge on any atom is -0.319 e. The molecule has 9 nitrogen and oxygen atoms in total. The van der Waals surface area contributed by atoms with Gasteiger partial charge in [0, 0.05) is 70.0 Å². The molecule has 35 heavy (non-hydrogen) atoms. The summed E-state index contributed by atoms with van der Waals surface area (Å²) in [6, 6.07) is 0.694. The molecule has 2 saturated carbocycles. The number of nitrogens with zero attached hydrogens (tertiary/aromatic N) is 5. The Labute approximate surface area is 215 Å². The van der Waals surface area contributed by atoms with Gasteiger partial charge in [-0.05, 0) is 44.4 Å². The molecule has 0 aromatic carbocycles. The van der Waals surface area contributed by atoms with Gasteiger partial charge in [-0.1, -0.05) is 26.2 Å². The molecule has 1 saturated heterocycles. The van der Waals surface area contributed by atoms with Gasteiger partial charge in [-0.3, -0.25) is 10.2 Å². The Morgan fingerprint density at radius 1 is 1.03 bits per heavy atom. The molecular weight excluding hydrogens is 484 g/mol. The van der Waals surface area contributed by atoms with Gasteiger partial charge in [0.05, 0.1) is 0 Å². The number of piperazine rings is 1. The molecule has 2 heterocycles. The third kappa shape index (κ3) is 6.74. The minimum absolute atomic E-state index is 0.0138. The summed E-state index contributed by atoms with van der Waals surface area (Å²) in [5.41, 5.74) is 0. The van der Waals surface area contributed by atoms with Gasteiger partial charge in [0.1, 0.15) is 0 Å². The van der Waals surface area contributed by atoms with E-state index in [0.717, 1.165) is 43.0 Å². The summed E-state index contributed by atoms with van der Waals surface area (Å²) >= 11 is 1.53. The lowest BCUT2D eigenvalue weighted by atomic mass is 9.84. The molecule has 1 N–H and O–H groups in total. The summed E-state index contributed by atoms with van der Waals surface area (Å²) in [5, 5.41) is 3.78. The lowest BCUT2D eigenvalue weighted by Gasteiger charge is -2.42. The number of anilines is 1. The zero-order valence-electron chi connectivity index (χ0n) is 21.5. The average molecular weight is 527 g/mol. The molecule has 0 spiro atoms. The van der Waals surface area contributed by atoms with Crippen LogP contribution >= 0.6 is 11.3 Å². The van der Waals surface area contributed by atoms with Gasteiger partial charge < -0.3 is 4.90 Å². The zero-order valence-corrected chi connectivity index (χ0v) is 23.1. The highest BCUT2D eigenvalue weighted by molar-refractivity contribution is 7.86. The molecule has 0 radical (unpaired) electrons. The molecule has 3 aliphatic rings. The van der Waals surface area contributed by atoms with Gasteiger partial charge in [-0.2, -0.15) is 17.0 Å². The van der Waals surface area contributed by atoms with Crippen molar-refractivity contribution in [3.63, 3.8) is 0 Å². The number of aromatic nitrogens is 1. The van der Waals surface area contributed by atoms with E-state index in [1.807, 2.05) is 6.20 Å². The fraction of sp³-hybridized carbons (Fsp3) is 0.833. The molecule has 1 aromatic heterocycles. The van der Waals surface area contributed by atoms with Crippen molar-refractivity contribution in [3.8, 4) is 0 Å². The summed E-state index contributed by atoms with van der Waals surface area (Å²) in [4.78, 5) is 23.5. The van der Waals surface area contributed by atoms with Crippen molar-refractivity contribution in [2.75, 3.05) is 45.6 Å². The van der Waals surface area contributed by atoms with E-state index in [2.05, 4.69) is 27.0 Å². The fourth-order valence-electron chi connectivity index (χ4n) is 5.67. The van der Waals surface area contributed by atoms with E-state index in [4.69, 9.17) is 0 Å². The van der Waals surface area contributed by atoms with Gasteiger partial charge in [0.2, 0.25) is 0 Å². The Balaban J connectivity index is 1.33. The molecule has 0 bridgehead atoms. The fourth-order valence-corrected chi connectivity index (χ4v) is 7.61. The van der Waals surface area contributed by atoms with Crippen LogP contribution in [0.25, 0.3) is 0 Å². The lowest BCUT2D eigenvalue weighted by Crippen LogP contribution is -2.51. The molecule has 3 fully saturated rings. The Kier molecular flexibility index (Phi) is 9.07. The summed E-state index contributed by atoms with van der Waals surface area (Å²) in [6.07, 6.45) is 12.4. The largest absolute Gasteiger partial charge is 0.324 e. The van der Waals surface area contributed by atoms with E-state index in [0.29, 0.717) is 43.4 Å². The van der Waals surface area contributed by atoms with Crippen molar-refractivity contribution in [1.82, 2.24) is 23.4 Å². The van der Waals surface area contributed by atoms with E-state index in [9.17, 15) is 13.2 Å². The highest BCUT2D eigenvalue weighted by atomic mass is 32.2. The van der Waals surface area contributed by atoms with Crippen molar-refractivity contribution in [1.29, 1.82) is 0 Å². The van der Waals surface area contributed by atoms with Crippen LogP contribution in [0.3, 0.4) is 0 Å². The summed E-state index contributed by atoms with van der Waals surface area (Å²) < 4.78 is 27.5. The smallest absolute Gasteiger partial charge is 0.319 e. The van der Waals surface area contributed by atoms with Gasteiger partial charge in [0.15, 0.2) is 5.13 Å². The molecule has 0 unspecified atom stereocenters. The molecule has 1 aromatic rings. The maximum absolute atomic E-state index is 13.5. The van der Waals surface area contributed by atoms with Crippen LogP contribution < -0.4 is 5.32 Å². The number of urea groups is 1. The molecule has 198 valence electrons. The van der Waals surface area contributed by atoms with Crippen LogP contribution in [-0.2, 0) is 16.8 Å². The Hall–Kier alpha value is -1.27. The number of carbonyl (C=O) groups is 1. The van der Waals surface area contributed by atoms with Crippen molar-refractivity contribution in [2.45, 2.75) is 83.3 Å². The number of nitrogens with one attached hydrogen (secondary N) is 1. The molecule has 2 amide bonds. The molecule has 4 rings (SSSR count). The van der Waals surface area contributed by atoms with Gasteiger partial charge in [-0.15, -0.1) is 11.3 Å². The normalized spacial score (nSPS) is 25.6. The summed E-state index contributed by atoms with van der Waals surface area (Å²) in [6.45, 7) is 5.37. The Morgan fingerprint density at radius 3 is 2.29 bits per heavy atom. The number of hydrogen-bond acceptors (Lipinski definition) is 6. The predicted octanol–water partition coefficient (Wildman–Crippen LogP) is 3.81. The van der Waals surface area contributed by atoms with Crippen LogP contribution in [0.15, 0.2) is 6.20 Å². The first-order valence-electron chi connectivity index (χ1n) is 13.2. The second kappa shape index (κ2) is 11.9. The van der Waals surface area contributed by atoms with Crippen LogP contribution in [0.4, 0.5) is 9.93 Å². The third-order valence-electron chi connectivity index (χ3n) is 7.85. The van der Waals surface area contributed by atoms with E-state index >= 15 is 0 Å². The van der Waals surface area contributed by atoms with Crippen LogP contribution in [0.5, 0.6) is 0 Å². The number of rotatable bonds is 7. The Bertz CT molecular complexity index is 931. The zero-order chi connectivity index (χ0) is 25.0. The number of carbonyl (C=O) groups excluding carboxylic acids is 1. The van der Waals surface area contributed by atoms with E-state index in [-0.39, 0.29) is 6.03 Å². The lowest BCUT2D eigenvalue weighted by molar-refractivity contribution is 0.105. The topological polar surface area (TPSA) is 89.1 Å². The molecule has 2 aliphatic carbocycles. The van der Waals surface area contributed by atoms with Crippen molar-refractivity contribution in [3.05, 3.63) is 11.1 Å². The van der Waals surface area contributed by atoms with Crippen LogP contribution in [0.1, 0.15) is 69.6 Å². The first-order valence-corrected chi connectivity index (χ1v) is 15.4. The second-order valence-electron chi connectivity index (χ2n) is 10.6. The maximum atomic E-state index is 13.5. The molecule has 0 atom stereocenters. The van der Waals surface area contributed by atoms with Crippen LogP contribution in [0, 0.1) is 5.92 Å². The summed E-state index contributed by atoms with van der Waals surface area (Å²) in [7, 11) is -0.221. The van der Waals surface area contributed by atoms with Crippen molar-refractivity contribution < 1.29 is 13.2 Å². The van der Waals surface area contributed by atoms with Crippen LogP contribution in [0.2, 0.25) is 0 Å². The Morgan fingerprint density at radius 2 is 1.66 bits per heavy atom. The molecule has 11 heteroatoms. The minimum atomic E-state index is -3.36. The van der Waals surface area contributed by atoms with Crippen molar-refractivity contribution in [2.24, 2.45) is 5.92 Å². The maximum Gasteiger partial charge on any atom is 0.324 e. The van der Waals surface area contributed by atoms with E-state index < -0.39 is 10.2 Å². The predicted molar refractivity (Wildman–Crippen MR) is 141 cm³/mol. The first kappa shape index (κ1) is 26.8. The van der Waals surface area contributed by atoms with Crippen molar-refractivity contribution >= 4 is 32.7 Å². The quantitative estimate of drug-likeness (QED) is 0.584. The monoisotopic (exact) mass is 526 g/mol. The average Bonchev–Trinajstić information content (AvgIpc) is 3.28. The molecule has 1 aliphatic heterocycles.